The fourth-order valence-electron chi connectivity index (χ4n) is 1.79. The van der Waals surface area contributed by atoms with Crippen molar-refractivity contribution in [2.24, 2.45) is 0 Å². The summed E-state index contributed by atoms with van der Waals surface area (Å²) < 4.78 is 7.13. The number of benzene rings is 1. The molecule has 0 spiro atoms. The second-order valence-corrected chi connectivity index (χ2v) is 4.22. The molecule has 2 N–H and O–H groups in total. The molecule has 1 aromatic heterocycles. The first-order valence-electron chi connectivity index (χ1n) is 6.40. The van der Waals surface area contributed by atoms with Crippen LogP contribution in [0.4, 0.5) is 5.69 Å². The number of ether oxygens (including phenoxy) is 1. The predicted molar refractivity (Wildman–Crippen MR) is 74.3 cm³/mol. The highest BCUT2D eigenvalue weighted by atomic mass is 16.5. The normalized spacial score (nSPS) is 12.1. The van der Waals surface area contributed by atoms with Crippen molar-refractivity contribution in [1.82, 2.24) is 9.78 Å². The lowest BCUT2D eigenvalue weighted by Gasteiger charge is -2.13. The van der Waals surface area contributed by atoms with Crippen molar-refractivity contribution >= 4 is 5.69 Å². The zero-order valence-electron chi connectivity index (χ0n) is 11.0. The van der Waals surface area contributed by atoms with E-state index in [4.69, 9.17) is 4.74 Å². The molecule has 0 aliphatic rings. The summed E-state index contributed by atoms with van der Waals surface area (Å²) >= 11 is 0. The Bertz CT molecular complexity index is 485. The lowest BCUT2D eigenvalue weighted by atomic mass is 10.2. The second kappa shape index (κ2) is 6.80. The molecule has 0 aliphatic carbocycles. The molecule has 1 heterocycles. The van der Waals surface area contributed by atoms with Crippen LogP contribution in [-0.4, -0.2) is 34.1 Å². The quantitative estimate of drug-likeness (QED) is 0.797. The van der Waals surface area contributed by atoms with Gasteiger partial charge in [0, 0.05) is 30.7 Å². The van der Waals surface area contributed by atoms with Crippen LogP contribution in [0.1, 0.15) is 6.92 Å². The molecule has 2 aromatic rings. The molecule has 0 saturated carbocycles. The maximum absolute atomic E-state index is 9.90. The molecule has 0 fully saturated rings. The summed E-state index contributed by atoms with van der Waals surface area (Å²) in [6, 6.07) is 9.54. The molecule has 19 heavy (non-hydrogen) atoms. The molecular weight excluding hydrogens is 242 g/mol. The number of rotatable bonds is 7. The van der Waals surface area contributed by atoms with Crippen molar-refractivity contribution < 1.29 is 9.84 Å². The van der Waals surface area contributed by atoms with Gasteiger partial charge in [-0.2, -0.15) is 5.10 Å². The average Bonchev–Trinajstić information content (AvgIpc) is 2.90. The lowest BCUT2D eigenvalue weighted by Crippen LogP contribution is -2.25. The number of aliphatic hydroxyl groups excluding tert-OH is 1. The van der Waals surface area contributed by atoms with E-state index in [2.05, 4.69) is 10.4 Å². The Balaban J connectivity index is 1.82. The summed E-state index contributed by atoms with van der Waals surface area (Å²) in [6.07, 6.45) is 3.04. The Morgan fingerprint density at radius 3 is 3.05 bits per heavy atom. The van der Waals surface area contributed by atoms with Crippen LogP contribution in [0, 0.1) is 0 Å². The van der Waals surface area contributed by atoms with Gasteiger partial charge in [-0.15, -0.1) is 0 Å². The molecule has 5 heteroatoms. The van der Waals surface area contributed by atoms with Gasteiger partial charge in [0.1, 0.15) is 5.75 Å². The number of aliphatic hydroxyl groups is 1. The summed E-state index contributed by atoms with van der Waals surface area (Å²) in [5.74, 6) is 0.828. The van der Waals surface area contributed by atoms with Crippen LogP contribution in [0.15, 0.2) is 42.7 Å². The first-order valence-corrected chi connectivity index (χ1v) is 6.40. The van der Waals surface area contributed by atoms with Crippen molar-refractivity contribution in [3.05, 3.63) is 42.7 Å². The van der Waals surface area contributed by atoms with E-state index in [0.717, 1.165) is 11.4 Å². The number of nitrogens with zero attached hydrogens (tertiary/aromatic N) is 2. The van der Waals surface area contributed by atoms with E-state index in [1.807, 2.05) is 43.5 Å². The van der Waals surface area contributed by atoms with Crippen LogP contribution in [-0.2, 0) is 6.54 Å². The van der Waals surface area contributed by atoms with Crippen LogP contribution in [0.5, 0.6) is 5.75 Å². The van der Waals surface area contributed by atoms with E-state index in [1.54, 1.807) is 10.9 Å². The van der Waals surface area contributed by atoms with E-state index in [-0.39, 0.29) is 0 Å². The van der Waals surface area contributed by atoms with E-state index >= 15 is 0 Å². The Labute approximate surface area is 112 Å². The average molecular weight is 261 g/mol. The van der Waals surface area contributed by atoms with Crippen LogP contribution in [0.3, 0.4) is 0 Å². The van der Waals surface area contributed by atoms with Gasteiger partial charge in [0.2, 0.25) is 0 Å². The Morgan fingerprint density at radius 1 is 1.42 bits per heavy atom. The minimum absolute atomic E-state index is 0.468. The number of hydrogen-bond donors (Lipinski definition) is 2. The van der Waals surface area contributed by atoms with E-state index in [0.29, 0.717) is 19.7 Å². The van der Waals surface area contributed by atoms with Crippen LogP contribution >= 0.6 is 0 Å². The summed E-state index contributed by atoms with van der Waals surface area (Å²) in [5, 5.41) is 17.1. The number of hydrogen-bond acceptors (Lipinski definition) is 4. The van der Waals surface area contributed by atoms with Crippen molar-refractivity contribution in [2.75, 3.05) is 18.5 Å². The Kier molecular flexibility index (Phi) is 4.80. The smallest absolute Gasteiger partial charge is 0.121 e. The lowest BCUT2D eigenvalue weighted by molar-refractivity contribution is 0.161. The van der Waals surface area contributed by atoms with Crippen molar-refractivity contribution in [2.45, 2.75) is 19.6 Å². The highest BCUT2D eigenvalue weighted by molar-refractivity contribution is 5.48. The van der Waals surface area contributed by atoms with Crippen LogP contribution in [0.25, 0.3) is 0 Å². The molecule has 2 rings (SSSR count). The van der Waals surface area contributed by atoms with Crippen molar-refractivity contribution in [3.8, 4) is 5.75 Å². The monoisotopic (exact) mass is 261 g/mol. The molecule has 0 radical (unpaired) electrons. The van der Waals surface area contributed by atoms with E-state index in [9.17, 15) is 5.11 Å². The van der Waals surface area contributed by atoms with Crippen LogP contribution < -0.4 is 10.1 Å². The number of anilines is 1. The molecule has 102 valence electrons. The molecule has 0 aliphatic heterocycles. The first-order chi connectivity index (χ1) is 9.28. The van der Waals surface area contributed by atoms with Gasteiger partial charge in [-0.05, 0) is 25.1 Å². The Hall–Kier alpha value is -2.01. The fourth-order valence-corrected chi connectivity index (χ4v) is 1.79. The molecule has 1 atom stereocenters. The fraction of sp³-hybridized carbons (Fsp3) is 0.357. The van der Waals surface area contributed by atoms with Gasteiger partial charge in [0.05, 0.1) is 19.3 Å². The minimum Gasteiger partial charge on any atom is -0.494 e. The first kappa shape index (κ1) is 13.4. The van der Waals surface area contributed by atoms with E-state index in [1.165, 1.54) is 0 Å². The SMILES string of the molecule is CCOc1cccc(NCC(O)Cn2cccn2)c1. The van der Waals surface area contributed by atoms with Gasteiger partial charge in [-0.3, -0.25) is 4.68 Å². The molecule has 1 unspecified atom stereocenters. The summed E-state index contributed by atoms with van der Waals surface area (Å²) in [5.41, 5.74) is 0.936. The molecule has 1 aromatic carbocycles. The second-order valence-electron chi connectivity index (χ2n) is 4.22. The maximum atomic E-state index is 9.90. The minimum atomic E-state index is -0.490. The third-order valence-corrected chi connectivity index (χ3v) is 2.64. The van der Waals surface area contributed by atoms with Crippen molar-refractivity contribution in [3.63, 3.8) is 0 Å². The predicted octanol–water partition coefficient (Wildman–Crippen LogP) is 1.75. The van der Waals surface area contributed by atoms with Gasteiger partial charge in [0.15, 0.2) is 0 Å². The number of aromatic nitrogens is 2. The largest absolute Gasteiger partial charge is 0.494 e. The molecular formula is C14H19N3O2. The molecule has 0 bridgehead atoms. The zero-order chi connectivity index (χ0) is 13.5. The highest BCUT2D eigenvalue weighted by Gasteiger charge is 2.05. The van der Waals surface area contributed by atoms with E-state index < -0.39 is 6.10 Å². The molecule has 5 nitrogen and oxygen atoms in total. The summed E-state index contributed by atoms with van der Waals surface area (Å²) in [7, 11) is 0. The summed E-state index contributed by atoms with van der Waals surface area (Å²) in [6.45, 7) is 3.54. The molecule has 0 saturated heterocycles. The van der Waals surface area contributed by atoms with Gasteiger partial charge >= 0.3 is 0 Å². The van der Waals surface area contributed by atoms with Gasteiger partial charge in [-0.1, -0.05) is 6.07 Å². The van der Waals surface area contributed by atoms with Crippen molar-refractivity contribution in [1.29, 1.82) is 0 Å². The Morgan fingerprint density at radius 2 is 2.32 bits per heavy atom. The third-order valence-electron chi connectivity index (χ3n) is 2.64. The molecule has 0 amide bonds. The third kappa shape index (κ3) is 4.30. The number of nitrogens with one attached hydrogen (secondary N) is 1. The van der Waals surface area contributed by atoms with Crippen LogP contribution in [0.2, 0.25) is 0 Å². The van der Waals surface area contributed by atoms with Gasteiger partial charge in [0.25, 0.3) is 0 Å². The topological polar surface area (TPSA) is 59.3 Å². The highest BCUT2D eigenvalue weighted by Crippen LogP contribution is 2.17. The summed E-state index contributed by atoms with van der Waals surface area (Å²) in [4.78, 5) is 0. The zero-order valence-corrected chi connectivity index (χ0v) is 11.0. The maximum Gasteiger partial charge on any atom is 0.121 e. The van der Waals surface area contributed by atoms with Gasteiger partial charge in [-0.25, -0.2) is 0 Å². The van der Waals surface area contributed by atoms with Gasteiger partial charge < -0.3 is 15.2 Å². The standard InChI is InChI=1S/C14H19N3O2/c1-2-19-14-6-3-5-12(9-14)15-10-13(18)11-17-8-4-7-16-17/h3-9,13,15,18H,2,10-11H2,1H3.